The van der Waals surface area contributed by atoms with Gasteiger partial charge in [-0.1, -0.05) is 13.8 Å². The minimum Gasteiger partial charge on any atom is -0.478 e. The van der Waals surface area contributed by atoms with Gasteiger partial charge in [0, 0.05) is 12.6 Å². The molecule has 0 aromatic carbocycles. The molecule has 1 N–H and O–H groups in total. The average molecular weight is 249 g/mol. The summed E-state index contributed by atoms with van der Waals surface area (Å²) in [4.78, 5) is 13.3. The number of hydrogen-bond donors (Lipinski definition) is 1. The van der Waals surface area contributed by atoms with Gasteiger partial charge in [0.05, 0.1) is 6.20 Å². The second-order valence-electron chi connectivity index (χ2n) is 5.18. The van der Waals surface area contributed by atoms with E-state index in [0.717, 1.165) is 25.8 Å². The molecule has 0 unspecified atom stereocenters. The molecule has 0 saturated heterocycles. The number of nitrogens with zero attached hydrogens (tertiary/aromatic N) is 3. The van der Waals surface area contributed by atoms with Crippen LogP contribution in [0.2, 0.25) is 0 Å². The van der Waals surface area contributed by atoms with Gasteiger partial charge in [0.1, 0.15) is 5.56 Å². The summed E-state index contributed by atoms with van der Waals surface area (Å²) in [7, 11) is 0. The summed E-state index contributed by atoms with van der Waals surface area (Å²) in [5.41, 5.74) is 0.251. The van der Waals surface area contributed by atoms with Gasteiger partial charge in [-0.25, -0.2) is 4.79 Å². The normalized spacial score (nSPS) is 14.8. The lowest BCUT2D eigenvalue weighted by Crippen LogP contribution is -2.30. The number of carboxylic acids is 1. The molecule has 1 aromatic rings. The molecule has 1 heterocycles. The van der Waals surface area contributed by atoms with Crippen molar-refractivity contribution in [2.75, 3.05) is 11.4 Å². The Hall–Kier alpha value is -1.65. The van der Waals surface area contributed by atoms with Crippen LogP contribution in [0.25, 0.3) is 0 Å². The zero-order chi connectivity index (χ0) is 13.1. The predicted molar refractivity (Wildman–Crippen MR) is 68.8 cm³/mol. The molecule has 1 aromatic heterocycles. The standard InChI is InChI=1S/C13H19N3O2/c1-9(2)6-8-16(10-3-4-10)12-11(13(17)18)5-7-14-15-12/h5,7,9-10H,3-4,6,8H2,1-2H3,(H,17,18). The SMILES string of the molecule is CC(C)CCN(c1nnccc1C(=O)O)C1CC1. The molecular weight excluding hydrogens is 230 g/mol. The van der Waals surface area contributed by atoms with Gasteiger partial charge in [0.25, 0.3) is 0 Å². The van der Waals surface area contributed by atoms with Crippen molar-refractivity contribution in [1.29, 1.82) is 0 Å². The number of anilines is 1. The van der Waals surface area contributed by atoms with Gasteiger partial charge in [-0.15, -0.1) is 5.10 Å². The Kier molecular flexibility index (Phi) is 3.79. The third-order valence-corrected chi connectivity index (χ3v) is 3.14. The molecule has 18 heavy (non-hydrogen) atoms. The van der Waals surface area contributed by atoms with E-state index in [0.29, 0.717) is 17.8 Å². The van der Waals surface area contributed by atoms with Crippen LogP contribution in [0.1, 0.15) is 43.5 Å². The molecule has 0 atom stereocenters. The summed E-state index contributed by atoms with van der Waals surface area (Å²) in [6.07, 6.45) is 4.70. The molecule has 0 aliphatic heterocycles. The van der Waals surface area contributed by atoms with E-state index < -0.39 is 5.97 Å². The van der Waals surface area contributed by atoms with Crippen LogP contribution in [0.5, 0.6) is 0 Å². The van der Waals surface area contributed by atoms with Crippen LogP contribution in [-0.4, -0.2) is 33.9 Å². The number of carbonyl (C=O) groups is 1. The maximum atomic E-state index is 11.2. The topological polar surface area (TPSA) is 66.3 Å². The zero-order valence-corrected chi connectivity index (χ0v) is 10.8. The summed E-state index contributed by atoms with van der Waals surface area (Å²) < 4.78 is 0. The van der Waals surface area contributed by atoms with Crippen LogP contribution >= 0.6 is 0 Å². The number of aromatic carboxylic acids is 1. The monoisotopic (exact) mass is 249 g/mol. The maximum Gasteiger partial charge on any atom is 0.339 e. The molecule has 0 radical (unpaired) electrons. The molecule has 1 fully saturated rings. The number of aromatic nitrogens is 2. The van der Waals surface area contributed by atoms with E-state index in [4.69, 9.17) is 0 Å². The zero-order valence-electron chi connectivity index (χ0n) is 10.8. The first-order valence-electron chi connectivity index (χ1n) is 6.41. The second-order valence-corrected chi connectivity index (χ2v) is 5.18. The quantitative estimate of drug-likeness (QED) is 0.837. The van der Waals surface area contributed by atoms with Crippen molar-refractivity contribution in [2.45, 2.75) is 39.2 Å². The molecule has 5 nitrogen and oxygen atoms in total. The number of carboxylic acid groups (broad SMARTS) is 1. The van der Waals surface area contributed by atoms with Crippen molar-refractivity contribution in [2.24, 2.45) is 5.92 Å². The molecule has 98 valence electrons. The molecule has 5 heteroatoms. The summed E-state index contributed by atoms with van der Waals surface area (Å²) in [6.45, 7) is 5.18. The van der Waals surface area contributed by atoms with Crippen LogP contribution in [-0.2, 0) is 0 Å². The van der Waals surface area contributed by atoms with Gasteiger partial charge >= 0.3 is 5.97 Å². The fraction of sp³-hybridized carbons (Fsp3) is 0.615. The summed E-state index contributed by atoms with van der Waals surface area (Å²) in [5, 5.41) is 17.1. The summed E-state index contributed by atoms with van der Waals surface area (Å²) >= 11 is 0. The van der Waals surface area contributed by atoms with Crippen molar-refractivity contribution in [3.63, 3.8) is 0 Å². The van der Waals surface area contributed by atoms with Crippen molar-refractivity contribution in [3.05, 3.63) is 17.8 Å². The first kappa shape index (κ1) is 12.8. The first-order chi connectivity index (χ1) is 8.59. The third-order valence-electron chi connectivity index (χ3n) is 3.14. The van der Waals surface area contributed by atoms with Gasteiger partial charge in [-0.3, -0.25) is 0 Å². The Morgan fingerprint density at radius 2 is 2.28 bits per heavy atom. The minimum atomic E-state index is -0.935. The highest BCUT2D eigenvalue weighted by molar-refractivity contribution is 5.93. The Balaban J connectivity index is 2.22. The van der Waals surface area contributed by atoms with Crippen molar-refractivity contribution < 1.29 is 9.90 Å². The summed E-state index contributed by atoms with van der Waals surface area (Å²) in [6, 6.07) is 1.97. The second kappa shape index (κ2) is 5.33. The van der Waals surface area contributed by atoms with Gasteiger partial charge < -0.3 is 10.0 Å². The smallest absolute Gasteiger partial charge is 0.339 e. The van der Waals surface area contributed by atoms with Gasteiger partial charge in [0.2, 0.25) is 0 Å². The fourth-order valence-corrected chi connectivity index (χ4v) is 1.95. The van der Waals surface area contributed by atoms with Crippen LogP contribution in [0.15, 0.2) is 12.3 Å². The lowest BCUT2D eigenvalue weighted by atomic mass is 10.1. The van der Waals surface area contributed by atoms with Crippen molar-refractivity contribution >= 4 is 11.8 Å². The highest BCUT2D eigenvalue weighted by Crippen LogP contribution is 2.32. The molecule has 1 aliphatic carbocycles. The Labute approximate surface area is 107 Å². The molecule has 1 aliphatic rings. The minimum absolute atomic E-state index is 0.251. The predicted octanol–water partition coefficient (Wildman–Crippen LogP) is 2.19. The lowest BCUT2D eigenvalue weighted by molar-refractivity contribution is 0.0697. The van der Waals surface area contributed by atoms with E-state index in [1.807, 2.05) is 0 Å². The van der Waals surface area contributed by atoms with Crippen LogP contribution in [0, 0.1) is 5.92 Å². The molecule has 0 amide bonds. The van der Waals surface area contributed by atoms with Gasteiger partial charge in [-0.2, -0.15) is 5.10 Å². The first-order valence-corrected chi connectivity index (χ1v) is 6.41. The fourth-order valence-electron chi connectivity index (χ4n) is 1.95. The van der Waals surface area contributed by atoms with E-state index in [1.54, 1.807) is 0 Å². The van der Waals surface area contributed by atoms with E-state index in [-0.39, 0.29) is 5.56 Å². The van der Waals surface area contributed by atoms with Gasteiger partial charge in [0.15, 0.2) is 5.82 Å². The number of rotatable bonds is 6. The van der Waals surface area contributed by atoms with Crippen LogP contribution < -0.4 is 4.90 Å². The highest BCUT2D eigenvalue weighted by atomic mass is 16.4. The Bertz CT molecular complexity index is 430. The Morgan fingerprint density at radius 1 is 1.56 bits per heavy atom. The molecular formula is C13H19N3O2. The molecule has 2 rings (SSSR count). The molecule has 0 spiro atoms. The van der Waals surface area contributed by atoms with E-state index >= 15 is 0 Å². The van der Waals surface area contributed by atoms with E-state index in [9.17, 15) is 9.90 Å². The van der Waals surface area contributed by atoms with Crippen LogP contribution in [0.4, 0.5) is 5.82 Å². The Morgan fingerprint density at radius 3 is 2.83 bits per heavy atom. The van der Waals surface area contributed by atoms with Crippen molar-refractivity contribution in [1.82, 2.24) is 10.2 Å². The highest BCUT2D eigenvalue weighted by Gasteiger charge is 2.32. The van der Waals surface area contributed by atoms with E-state index in [2.05, 4.69) is 28.9 Å². The molecule has 1 saturated carbocycles. The lowest BCUT2D eigenvalue weighted by Gasteiger charge is -2.24. The number of hydrogen-bond acceptors (Lipinski definition) is 4. The van der Waals surface area contributed by atoms with E-state index in [1.165, 1.54) is 12.3 Å². The average Bonchev–Trinajstić information content (AvgIpc) is 3.14. The largest absolute Gasteiger partial charge is 0.478 e. The van der Waals surface area contributed by atoms with Crippen molar-refractivity contribution in [3.8, 4) is 0 Å². The summed E-state index contributed by atoms with van der Waals surface area (Å²) in [5.74, 6) is 0.180. The van der Waals surface area contributed by atoms with Gasteiger partial charge in [-0.05, 0) is 31.2 Å². The van der Waals surface area contributed by atoms with Crippen LogP contribution in [0.3, 0.4) is 0 Å². The molecule has 0 bridgehead atoms. The maximum absolute atomic E-state index is 11.2. The third kappa shape index (κ3) is 2.97.